The molecule has 5 heteroatoms. The Morgan fingerprint density at radius 1 is 1.52 bits per heavy atom. The van der Waals surface area contributed by atoms with Crippen LogP contribution in [-0.4, -0.2) is 51.2 Å². The Bertz CT molecular complexity index is 490. The molecule has 116 valence electrons. The zero-order chi connectivity index (χ0) is 15.2. The highest BCUT2D eigenvalue weighted by Gasteiger charge is 2.28. The molecule has 1 atom stereocenters. The van der Waals surface area contributed by atoms with Crippen LogP contribution in [0.2, 0.25) is 0 Å². The van der Waals surface area contributed by atoms with E-state index in [9.17, 15) is 4.79 Å². The van der Waals surface area contributed by atoms with Crippen molar-refractivity contribution in [3.63, 3.8) is 0 Å². The summed E-state index contributed by atoms with van der Waals surface area (Å²) in [5, 5.41) is 3.05. The summed E-state index contributed by atoms with van der Waals surface area (Å²) in [4.78, 5) is 14.2. The summed E-state index contributed by atoms with van der Waals surface area (Å²) in [6.45, 7) is 4.54. The number of hydrogen-bond acceptors (Lipinski definition) is 4. The van der Waals surface area contributed by atoms with E-state index in [0.29, 0.717) is 26.2 Å². The van der Waals surface area contributed by atoms with E-state index in [1.54, 1.807) is 4.90 Å². The molecular formula is C16H24N2O3. The molecule has 1 amide bonds. The fraction of sp³-hybridized carbons (Fsp3) is 0.562. The third kappa shape index (κ3) is 3.88. The molecule has 2 rings (SSSR count). The predicted molar refractivity (Wildman–Crippen MR) is 81.9 cm³/mol. The van der Waals surface area contributed by atoms with Gasteiger partial charge in [0.15, 0.2) is 0 Å². The van der Waals surface area contributed by atoms with E-state index in [-0.39, 0.29) is 11.8 Å². The molecule has 0 saturated heterocycles. The SMILES string of the molecule is CCOc1ccc2c(c1)CC(C(=O)N(C)CCNC)CO2. The number of carbonyl (C=O) groups is 1. The first-order valence-corrected chi connectivity index (χ1v) is 7.43. The molecule has 0 aromatic heterocycles. The van der Waals surface area contributed by atoms with Crippen LogP contribution in [0.5, 0.6) is 11.5 Å². The van der Waals surface area contributed by atoms with Crippen LogP contribution in [0, 0.1) is 5.92 Å². The Kier molecular flexibility index (Phi) is 5.44. The first-order valence-electron chi connectivity index (χ1n) is 7.43. The van der Waals surface area contributed by atoms with Crippen molar-refractivity contribution in [2.45, 2.75) is 13.3 Å². The third-order valence-electron chi connectivity index (χ3n) is 3.67. The van der Waals surface area contributed by atoms with Crippen molar-refractivity contribution >= 4 is 5.91 Å². The minimum atomic E-state index is -0.115. The first kappa shape index (κ1) is 15.6. The number of nitrogens with zero attached hydrogens (tertiary/aromatic N) is 1. The smallest absolute Gasteiger partial charge is 0.229 e. The van der Waals surface area contributed by atoms with Gasteiger partial charge in [0.2, 0.25) is 5.91 Å². The van der Waals surface area contributed by atoms with Gasteiger partial charge in [-0.25, -0.2) is 0 Å². The summed E-state index contributed by atoms with van der Waals surface area (Å²) in [7, 11) is 3.72. The molecule has 21 heavy (non-hydrogen) atoms. The highest BCUT2D eigenvalue weighted by Crippen LogP contribution is 2.31. The van der Waals surface area contributed by atoms with Gasteiger partial charge in [0.25, 0.3) is 0 Å². The topological polar surface area (TPSA) is 50.8 Å². The summed E-state index contributed by atoms with van der Waals surface area (Å²) in [6, 6.07) is 5.81. The number of rotatable bonds is 6. The number of benzene rings is 1. The quantitative estimate of drug-likeness (QED) is 0.859. The van der Waals surface area contributed by atoms with Crippen LogP contribution >= 0.6 is 0 Å². The molecule has 5 nitrogen and oxygen atoms in total. The molecule has 1 heterocycles. The largest absolute Gasteiger partial charge is 0.494 e. The van der Waals surface area contributed by atoms with Gasteiger partial charge in [0.05, 0.1) is 12.5 Å². The summed E-state index contributed by atoms with van der Waals surface area (Å²) < 4.78 is 11.2. The van der Waals surface area contributed by atoms with Gasteiger partial charge < -0.3 is 19.7 Å². The number of ether oxygens (including phenoxy) is 2. The summed E-state index contributed by atoms with van der Waals surface area (Å²) in [5.41, 5.74) is 1.05. The molecule has 1 aliphatic heterocycles. The van der Waals surface area contributed by atoms with Crippen LogP contribution in [0.4, 0.5) is 0 Å². The fourth-order valence-corrected chi connectivity index (χ4v) is 2.49. The molecule has 0 radical (unpaired) electrons. The molecule has 1 N–H and O–H groups in total. The van der Waals surface area contributed by atoms with Gasteiger partial charge >= 0.3 is 0 Å². The molecular weight excluding hydrogens is 268 g/mol. The Morgan fingerprint density at radius 3 is 3.05 bits per heavy atom. The lowest BCUT2D eigenvalue weighted by Crippen LogP contribution is -2.41. The fourth-order valence-electron chi connectivity index (χ4n) is 2.49. The maximum Gasteiger partial charge on any atom is 0.229 e. The normalized spacial score (nSPS) is 16.8. The van der Waals surface area contributed by atoms with Crippen molar-refractivity contribution in [2.75, 3.05) is 40.4 Å². The van der Waals surface area contributed by atoms with Crippen molar-refractivity contribution in [1.82, 2.24) is 10.2 Å². The van der Waals surface area contributed by atoms with E-state index in [1.165, 1.54) is 0 Å². The molecule has 1 unspecified atom stereocenters. The average Bonchev–Trinajstić information content (AvgIpc) is 2.51. The number of nitrogens with one attached hydrogen (secondary N) is 1. The van der Waals surface area contributed by atoms with Crippen molar-refractivity contribution in [3.05, 3.63) is 23.8 Å². The maximum absolute atomic E-state index is 12.4. The van der Waals surface area contributed by atoms with Gasteiger partial charge in [0.1, 0.15) is 18.1 Å². The number of amides is 1. The summed E-state index contributed by atoms with van der Waals surface area (Å²) in [5.74, 6) is 1.71. The van der Waals surface area contributed by atoms with Gasteiger partial charge in [-0.2, -0.15) is 0 Å². The Labute approximate surface area is 126 Å². The van der Waals surface area contributed by atoms with Crippen molar-refractivity contribution < 1.29 is 14.3 Å². The molecule has 0 bridgehead atoms. The zero-order valence-electron chi connectivity index (χ0n) is 13.0. The highest BCUT2D eigenvalue weighted by atomic mass is 16.5. The van der Waals surface area contributed by atoms with Crippen LogP contribution in [0.15, 0.2) is 18.2 Å². The van der Waals surface area contributed by atoms with Crippen LogP contribution in [0.3, 0.4) is 0 Å². The van der Waals surface area contributed by atoms with E-state index in [4.69, 9.17) is 9.47 Å². The molecule has 1 aliphatic rings. The van der Waals surface area contributed by atoms with Crippen LogP contribution in [-0.2, 0) is 11.2 Å². The lowest BCUT2D eigenvalue weighted by Gasteiger charge is -2.28. The monoisotopic (exact) mass is 292 g/mol. The van der Waals surface area contributed by atoms with E-state index < -0.39 is 0 Å². The third-order valence-corrected chi connectivity index (χ3v) is 3.67. The second kappa shape index (κ2) is 7.31. The van der Waals surface area contributed by atoms with E-state index >= 15 is 0 Å². The van der Waals surface area contributed by atoms with Crippen molar-refractivity contribution in [1.29, 1.82) is 0 Å². The molecule has 1 aromatic carbocycles. The number of fused-ring (bicyclic) bond motifs is 1. The van der Waals surface area contributed by atoms with Gasteiger partial charge in [-0.15, -0.1) is 0 Å². The Hall–Kier alpha value is -1.75. The van der Waals surface area contributed by atoms with E-state index in [2.05, 4.69) is 5.32 Å². The predicted octanol–water partition coefficient (Wildman–Crippen LogP) is 1.31. The second-order valence-electron chi connectivity index (χ2n) is 5.28. The maximum atomic E-state index is 12.4. The summed E-state index contributed by atoms with van der Waals surface area (Å²) >= 11 is 0. The van der Waals surface area contributed by atoms with Gasteiger partial charge in [-0.1, -0.05) is 0 Å². The molecule has 0 spiro atoms. The minimum Gasteiger partial charge on any atom is -0.494 e. The zero-order valence-corrected chi connectivity index (χ0v) is 13.0. The van der Waals surface area contributed by atoms with Crippen LogP contribution in [0.25, 0.3) is 0 Å². The van der Waals surface area contributed by atoms with Crippen molar-refractivity contribution in [3.8, 4) is 11.5 Å². The van der Waals surface area contributed by atoms with E-state index in [0.717, 1.165) is 23.6 Å². The first-order chi connectivity index (χ1) is 10.2. The van der Waals surface area contributed by atoms with Gasteiger partial charge in [-0.05, 0) is 44.2 Å². The number of likely N-dealkylation sites (N-methyl/N-ethyl adjacent to an activating group) is 2. The van der Waals surface area contributed by atoms with Gasteiger partial charge in [-0.3, -0.25) is 4.79 Å². The average molecular weight is 292 g/mol. The van der Waals surface area contributed by atoms with Gasteiger partial charge in [0, 0.05) is 20.1 Å². The molecule has 1 aromatic rings. The van der Waals surface area contributed by atoms with Crippen LogP contribution in [0.1, 0.15) is 12.5 Å². The Morgan fingerprint density at radius 2 is 2.33 bits per heavy atom. The summed E-state index contributed by atoms with van der Waals surface area (Å²) in [6.07, 6.45) is 0.707. The Balaban J connectivity index is 2.03. The number of carbonyl (C=O) groups excluding carboxylic acids is 1. The second-order valence-corrected chi connectivity index (χ2v) is 5.28. The lowest BCUT2D eigenvalue weighted by molar-refractivity contribution is -0.135. The molecule has 0 fully saturated rings. The lowest BCUT2D eigenvalue weighted by atomic mass is 9.95. The standard InChI is InChI=1S/C16H24N2O3/c1-4-20-14-5-6-15-12(10-14)9-13(11-21-15)16(19)18(3)8-7-17-2/h5-6,10,13,17H,4,7-9,11H2,1-3H3. The molecule has 0 saturated carbocycles. The molecule has 0 aliphatic carbocycles. The minimum absolute atomic E-state index is 0.115. The van der Waals surface area contributed by atoms with Crippen LogP contribution < -0.4 is 14.8 Å². The van der Waals surface area contributed by atoms with E-state index in [1.807, 2.05) is 39.2 Å². The number of hydrogen-bond donors (Lipinski definition) is 1. The van der Waals surface area contributed by atoms with Crippen molar-refractivity contribution in [2.24, 2.45) is 5.92 Å². The highest BCUT2D eigenvalue weighted by molar-refractivity contribution is 5.79.